The lowest BCUT2D eigenvalue weighted by Crippen LogP contribution is -1.97. The first-order chi connectivity index (χ1) is 28.8. The van der Waals surface area contributed by atoms with E-state index < -0.39 is 0 Å². The Morgan fingerprint density at radius 2 is 0.293 bits per heavy atom. The molecule has 276 valence electrons. The fourth-order valence-electron chi connectivity index (χ4n) is 7.31. The van der Waals surface area contributed by atoms with Gasteiger partial charge in [0.2, 0.25) is 0 Å². The lowest BCUT2D eigenvalue weighted by Gasteiger charge is -2.17. The Morgan fingerprint density at radius 1 is 0.172 bits per heavy atom. The van der Waals surface area contributed by atoms with Crippen LogP contribution < -0.4 is 0 Å². The van der Waals surface area contributed by atoms with E-state index in [2.05, 4.69) is 267 Å². The number of rotatable bonds is 12. The zero-order chi connectivity index (χ0) is 39.2. The highest BCUT2D eigenvalue weighted by Gasteiger charge is 2.15. The largest absolute Gasteiger partial charge is 0.0622 e. The fourth-order valence-corrected chi connectivity index (χ4v) is 7.31. The van der Waals surface area contributed by atoms with E-state index in [0.29, 0.717) is 0 Å². The van der Waals surface area contributed by atoms with Crippen molar-refractivity contribution in [3.05, 3.63) is 323 Å². The minimum atomic E-state index is 1.07. The van der Waals surface area contributed by atoms with Crippen molar-refractivity contribution in [2.24, 2.45) is 0 Å². The van der Waals surface area contributed by atoms with Crippen LogP contribution in [0.1, 0.15) is 44.5 Å². The molecule has 0 fully saturated rings. The highest BCUT2D eigenvalue weighted by atomic mass is 14.2. The first kappa shape index (κ1) is 37.4. The molecule has 0 N–H and O–H groups in total. The van der Waals surface area contributed by atoms with E-state index in [1.165, 1.54) is 0 Å². The summed E-state index contributed by atoms with van der Waals surface area (Å²) in [4.78, 5) is 0. The van der Waals surface area contributed by atoms with E-state index in [-0.39, 0.29) is 0 Å². The molecule has 0 unspecified atom stereocenters. The summed E-state index contributed by atoms with van der Waals surface area (Å²) in [5.74, 6) is 0. The molecule has 0 heterocycles. The summed E-state index contributed by atoms with van der Waals surface area (Å²) in [7, 11) is 0. The molecule has 8 rings (SSSR count). The summed E-state index contributed by atoms with van der Waals surface area (Å²) in [6, 6.07) is 86.0. The third kappa shape index (κ3) is 9.28. The minimum absolute atomic E-state index is 1.07. The molecule has 0 nitrogen and oxygen atoms in total. The van der Waals surface area contributed by atoms with Crippen molar-refractivity contribution in [3.63, 3.8) is 0 Å². The van der Waals surface area contributed by atoms with Crippen molar-refractivity contribution in [2.75, 3.05) is 0 Å². The van der Waals surface area contributed by atoms with Gasteiger partial charge in [0.05, 0.1) is 0 Å². The second-order valence-corrected chi connectivity index (χ2v) is 14.1. The second-order valence-electron chi connectivity index (χ2n) is 14.1. The summed E-state index contributed by atoms with van der Waals surface area (Å²) >= 11 is 0. The Bertz CT molecular complexity index is 2120. The average molecular weight is 741 g/mol. The van der Waals surface area contributed by atoms with Gasteiger partial charge in [-0.05, 0) is 102 Å². The highest BCUT2D eigenvalue weighted by Crippen LogP contribution is 2.35. The third-order valence-corrected chi connectivity index (χ3v) is 10.2. The third-order valence-electron chi connectivity index (χ3n) is 10.2. The Kier molecular flexibility index (Phi) is 12.2. The number of hydrogen-bond donors (Lipinski definition) is 0. The molecule has 0 amide bonds. The van der Waals surface area contributed by atoms with Crippen molar-refractivity contribution >= 4 is 22.3 Å². The topological polar surface area (TPSA) is 0 Å². The summed E-state index contributed by atoms with van der Waals surface area (Å²) in [6.07, 6.45) is 9.56. The van der Waals surface area contributed by atoms with Gasteiger partial charge in [0.25, 0.3) is 0 Å². The molecule has 0 aliphatic rings. The Hall–Kier alpha value is -7.54. The van der Waals surface area contributed by atoms with E-state index >= 15 is 0 Å². The quantitative estimate of drug-likeness (QED) is 0.109. The fraction of sp³-hybridized carbons (Fsp3) is 0. The maximum Gasteiger partial charge on any atom is -0.0105 e. The molecule has 0 aliphatic heterocycles. The van der Waals surface area contributed by atoms with Gasteiger partial charge in [-0.1, -0.05) is 243 Å². The molecule has 58 heavy (non-hydrogen) atoms. The van der Waals surface area contributed by atoms with Gasteiger partial charge in [-0.15, -0.1) is 0 Å². The first-order valence-electron chi connectivity index (χ1n) is 19.8. The lowest BCUT2D eigenvalue weighted by atomic mass is 9.87. The molecule has 8 aromatic rings. The van der Waals surface area contributed by atoms with Crippen LogP contribution in [0.2, 0.25) is 0 Å². The summed E-state index contributed by atoms with van der Waals surface area (Å²) in [6.45, 7) is 0. The monoisotopic (exact) mass is 740 g/mol. The van der Waals surface area contributed by atoms with Gasteiger partial charge in [0.15, 0.2) is 0 Å². The van der Waals surface area contributed by atoms with E-state index in [9.17, 15) is 0 Å². The van der Waals surface area contributed by atoms with E-state index in [0.717, 1.165) is 77.9 Å². The van der Waals surface area contributed by atoms with Crippen LogP contribution in [-0.4, -0.2) is 0 Å². The van der Waals surface area contributed by atoms with Gasteiger partial charge >= 0.3 is 0 Å². The van der Waals surface area contributed by atoms with Gasteiger partial charge in [-0.3, -0.25) is 0 Å². The molecule has 0 saturated carbocycles. The molecule has 0 radical (unpaired) electrons. The number of hydrogen-bond acceptors (Lipinski definition) is 0. The Labute approximate surface area is 343 Å². The Morgan fingerprint density at radius 3 is 0.414 bits per heavy atom. The molecule has 0 atom stereocenters. The zero-order valence-electron chi connectivity index (χ0n) is 32.4. The van der Waals surface area contributed by atoms with Gasteiger partial charge in [0.1, 0.15) is 0 Å². The standard InChI is InChI=1S/C58H44/c1-9-25-45(26-10-1)55(46-27-11-2-12-28-46)41-53(42-56(47-29-13-3-14-30-47)48-31-15-4-16-32-48)54(43-57(49-33-17-5-18-34-49)50-35-19-6-20-36-50)44-58(51-37-21-7-22-38-51)52-39-23-8-24-40-52/h1-44H. The van der Waals surface area contributed by atoms with Gasteiger partial charge in [0, 0.05) is 0 Å². The SMILES string of the molecule is C(=C(c1ccccc1)c1ccccc1)C(C=C(c1ccccc1)c1ccccc1)=C(C=C(c1ccccc1)c1ccccc1)C=C(c1ccccc1)c1ccccc1. The van der Waals surface area contributed by atoms with Crippen LogP contribution in [0, 0.1) is 0 Å². The molecule has 0 aliphatic carbocycles. The molecule has 0 saturated heterocycles. The van der Waals surface area contributed by atoms with Gasteiger partial charge in [-0.2, -0.15) is 0 Å². The van der Waals surface area contributed by atoms with E-state index in [1.807, 2.05) is 0 Å². The van der Waals surface area contributed by atoms with Crippen molar-refractivity contribution in [3.8, 4) is 0 Å². The molecule has 0 heteroatoms. The van der Waals surface area contributed by atoms with Crippen LogP contribution in [0.3, 0.4) is 0 Å². The summed E-state index contributed by atoms with van der Waals surface area (Å²) < 4.78 is 0. The van der Waals surface area contributed by atoms with Crippen molar-refractivity contribution in [1.82, 2.24) is 0 Å². The smallest absolute Gasteiger partial charge is 0.0105 e. The molecule has 0 spiro atoms. The molecule has 0 bridgehead atoms. The Balaban J connectivity index is 1.56. The summed E-state index contributed by atoms with van der Waals surface area (Å²) in [5.41, 5.74) is 15.8. The highest BCUT2D eigenvalue weighted by molar-refractivity contribution is 5.90. The van der Waals surface area contributed by atoms with E-state index in [4.69, 9.17) is 0 Å². The minimum Gasteiger partial charge on any atom is -0.0622 e. The predicted molar refractivity (Wildman–Crippen MR) is 247 cm³/mol. The number of benzene rings is 8. The molecule has 8 aromatic carbocycles. The van der Waals surface area contributed by atoms with Crippen molar-refractivity contribution in [1.29, 1.82) is 0 Å². The van der Waals surface area contributed by atoms with Crippen molar-refractivity contribution in [2.45, 2.75) is 0 Å². The van der Waals surface area contributed by atoms with Crippen LogP contribution in [0.5, 0.6) is 0 Å². The van der Waals surface area contributed by atoms with Crippen LogP contribution >= 0.6 is 0 Å². The maximum absolute atomic E-state index is 2.39. The van der Waals surface area contributed by atoms with Crippen LogP contribution in [0.4, 0.5) is 0 Å². The average Bonchev–Trinajstić information content (AvgIpc) is 3.31. The first-order valence-corrected chi connectivity index (χ1v) is 19.8. The molecular formula is C58H44. The second kappa shape index (κ2) is 18.9. The molecule has 0 aromatic heterocycles. The number of allylic oxidation sites excluding steroid dienone is 6. The van der Waals surface area contributed by atoms with E-state index in [1.54, 1.807) is 0 Å². The van der Waals surface area contributed by atoms with Gasteiger partial charge in [-0.25, -0.2) is 0 Å². The zero-order valence-corrected chi connectivity index (χ0v) is 32.4. The lowest BCUT2D eigenvalue weighted by molar-refractivity contribution is 1.47. The normalized spacial score (nSPS) is 10.4. The summed E-state index contributed by atoms with van der Waals surface area (Å²) in [5, 5.41) is 0. The molecular weight excluding hydrogens is 697 g/mol. The maximum atomic E-state index is 2.39. The van der Waals surface area contributed by atoms with Crippen molar-refractivity contribution < 1.29 is 0 Å². The van der Waals surface area contributed by atoms with Gasteiger partial charge < -0.3 is 0 Å². The van der Waals surface area contributed by atoms with Crippen LogP contribution in [-0.2, 0) is 0 Å². The van der Waals surface area contributed by atoms with Crippen LogP contribution in [0.25, 0.3) is 22.3 Å². The van der Waals surface area contributed by atoms with Crippen LogP contribution in [0.15, 0.2) is 278 Å². The predicted octanol–water partition coefficient (Wildman–Crippen LogP) is 14.8.